The van der Waals surface area contributed by atoms with E-state index < -0.39 is 0 Å². The Hall–Kier alpha value is -1.06. The number of thiocarbonyl (C=S) groups is 1. The summed E-state index contributed by atoms with van der Waals surface area (Å²) >= 11 is 4.58. The topological polar surface area (TPSA) is 27.6 Å². The fourth-order valence-electron chi connectivity index (χ4n) is 1.83. The molecule has 0 saturated carbocycles. The van der Waals surface area contributed by atoms with E-state index in [9.17, 15) is 0 Å². The van der Waals surface area contributed by atoms with Gasteiger partial charge in [-0.2, -0.15) is 4.99 Å². The van der Waals surface area contributed by atoms with Crippen molar-refractivity contribution in [2.45, 2.75) is 12.5 Å². The fraction of sp³-hybridized carbons (Fsp3) is 0.462. The lowest BCUT2D eigenvalue weighted by atomic mass is 10.0. The van der Waals surface area contributed by atoms with Gasteiger partial charge in [0.05, 0.1) is 10.8 Å². The first-order valence-corrected chi connectivity index (χ1v) is 6.08. The molecule has 0 aliphatic heterocycles. The minimum absolute atomic E-state index is 0.424. The highest BCUT2D eigenvalue weighted by Crippen LogP contribution is 2.23. The molecule has 0 amide bonds. The summed E-state index contributed by atoms with van der Waals surface area (Å²) in [5, 5.41) is 5.56. The maximum Gasteiger partial charge on any atom is 0.0739 e. The highest BCUT2D eigenvalue weighted by molar-refractivity contribution is 7.78. The molecular weight excluding hydrogens is 230 g/mol. The lowest BCUT2D eigenvalue weighted by Crippen LogP contribution is -2.23. The van der Waals surface area contributed by atoms with Crippen LogP contribution in [-0.4, -0.2) is 37.7 Å². The van der Waals surface area contributed by atoms with Gasteiger partial charge in [0.15, 0.2) is 0 Å². The Morgan fingerprint density at radius 3 is 2.47 bits per heavy atom. The molecule has 1 unspecified atom stereocenters. The van der Waals surface area contributed by atoms with Gasteiger partial charge in [0, 0.05) is 6.04 Å². The van der Waals surface area contributed by atoms with Gasteiger partial charge in [0.2, 0.25) is 0 Å². The largest absolute Gasteiger partial charge is 0.320 e. The second-order valence-corrected chi connectivity index (χ2v) is 4.35. The molecule has 0 radical (unpaired) electrons. The number of aliphatic imine (C=N–C) groups is 1. The van der Waals surface area contributed by atoms with Gasteiger partial charge in [-0.05, 0) is 64.0 Å². The zero-order chi connectivity index (χ0) is 12.7. The molecular formula is C13H19N3S. The van der Waals surface area contributed by atoms with Crippen molar-refractivity contribution >= 4 is 23.1 Å². The summed E-state index contributed by atoms with van der Waals surface area (Å²) in [6, 6.07) is 8.58. The van der Waals surface area contributed by atoms with Gasteiger partial charge in [0.25, 0.3) is 0 Å². The van der Waals surface area contributed by atoms with E-state index in [1.165, 1.54) is 5.56 Å². The Labute approximate surface area is 109 Å². The molecule has 0 spiro atoms. The van der Waals surface area contributed by atoms with Crippen LogP contribution in [0.2, 0.25) is 0 Å². The van der Waals surface area contributed by atoms with Crippen LogP contribution in [-0.2, 0) is 0 Å². The van der Waals surface area contributed by atoms with E-state index in [-0.39, 0.29) is 0 Å². The monoisotopic (exact) mass is 249 g/mol. The van der Waals surface area contributed by atoms with Crippen LogP contribution in [0, 0.1) is 0 Å². The third-order valence-electron chi connectivity index (χ3n) is 2.74. The van der Waals surface area contributed by atoms with Crippen LogP contribution in [0.15, 0.2) is 29.3 Å². The molecule has 0 aliphatic rings. The van der Waals surface area contributed by atoms with Crippen molar-refractivity contribution in [2.75, 3.05) is 27.7 Å². The Kier molecular flexibility index (Phi) is 6.01. The Bertz CT molecular complexity index is 380. The molecule has 1 aromatic rings. The molecule has 0 saturated heterocycles. The number of hydrogen-bond acceptors (Lipinski definition) is 4. The van der Waals surface area contributed by atoms with E-state index >= 15 is 0 Å². The maximum absolute atomic E-state index is 4.58. The standard InChI is InChI=1S/C13H19N3S/c1-14-9-8-13(16(2)3)11-4-6-12(7-5-11)15-10-17/h4-7,13-14H,8-9H2,1-3H3. The van der Waals surface area contributed by atoms with Crippen LogP contribution in [0.3, 0.4) is 0 Å². The summed E-state index contributed by atoms with van der Waals surface area (Å²) < 4.78 is 0. The maximum atomic E-state index is 4.58. The SMILES string of the molecule is CNCCC(c1ccc(N=C=S)cc1)N(C)C. The lowest BCUT2D eigenvalue weighted by Gasteiger charge is -2.24. The lowest BCUT2D eigenvalue weighted by molar-refractivity contribution is 0.283. The molecule has 4 heteroatoms. The van der Waals surface area contributed by atoms with Crippen LogP contribution in [0.5, 0.6) is 0 Å². The number of hydrogen-bond donors (Lipinski definition) is 1. The van der Waals surface area contributed by atoms with Crippen molar-refractivity contribution in [1.82, 2.24) is 10.2 Å². The van der Waals surface area contributed by atoms with Crippen LogP contribution in [0.1, 0.15) is 18.0 Å². The number of nitrogens with one attached hydrogen (secondary N) is 1. The van der Waals surface area contributed by atoms with E-state index in [0.717, 1.165) is 18.7 Å². The molecule has 0 aliphatic carbocycles. The summed E-state index contributed by atoms with van der Waals surface area (Å²) in [6.45, 7) is 1.00. The van der Waals surface area contributed by atoms with Crippen molar-refractivity contribution in [3.05, 3.63) is 29.8 Å². The first kappa shape index (κ1) is 14.0. The average molecular weight is 249 g/mol. The second-order valence-electron chi connectivity index (χ2n) is 4.17. The van der Waals surface area contributed by atoms with Gasteiger partial charge in [-0.3, -0.25) is 0 Å². The molecule has 0 heterocycles. The molecule has 0 fully saturated rings. The van der Waals surface area contributed by atoms with Gasteiger partial charge in [-0.25, -0.2) is 0 Å². The molecule has 1 rings (SSSR count). The van der Waals surface area contributed by atoms with Crippen molar-refractivity contribution in [2.24, 2.45) is 4.99 Å². The summed E-state index contributed by atoms with van der Waals surface area (Å²) in [5.41, 5.74) is 2.16. The second kappa shape index (κ2) is 7.30. The quantitative estimate of drug-likeness (QED) is 0.620. The zero-order valence-electron chi connectivity index (χ0n) is 10.6. The predicted octanol–water partition coefficient (Wildman–Crippen LogP) is 2.63. The molecule has 3 nitrogen and oxygen atoms in total. The van der Waals surface area contributed by atoms with E-state index in [0.29, 0.717) is 6.04 Å². The number of benzene rings is 1. The van der Waals surface area contributed by atoms with Gasteiger partial charge < -0.3 is 10.2 Å². The Morgan fingerprint density at radius 1 is 1.35 bits per heavy atom. The smallest absolute Gasteiger partial charge is 0.0739 e. The van der Waals surface area contributed by atoms with Crippen LogP contribution >= 0.6 is 12.2 Å². The summed E-state index contributed by atoms with van der Waals surface area (Å²) in [5.74, 6) is 0. The molecule has 1 aromatic carbocycles. The predicted molar refractivity (Wildman–Crippen MR) is 76.1 cm³/mol. The molecule has 1 N–H and O–H groups in total. The number of isothiocyanates is 1. The van der Waals surface area contributed by atoms with Gasteiger partial charge >= 0.3 is 0 Å². The normalized spacial score (nSPS) is 12.2. The van der Waals surface area contributed by atoms with Crippen LogP contribution in [0.4, 0.5) is 5.69 Å². The highest BCUT2D eigenvalue weighted by Gasteiger charge is 2.12. The molecule has 0 bridgehead atoms. The summed E-state index contributed by atoms with van der Waals surface area (Å²) in [4.78, 5) is 6.18. The number of nitrogens with zero attached hydrogens (tertiary/aromatic N) is 2. The Balaban J connectivity index is 2.83. The molecule has 92 valence electrons. The van der Waals surface area contributed by atoms with E-state index in [4.69, 9.17) is 0 Å². The van der Waals surface area contributed by atoms with Crippen molar-refractivity contribution in [3.63, 3.8) is 0 Å². The third kappa shape index (κ3) is 4.36. The van der Waals surface area contributed by atoms with Gasteiger partial charge in [-0.15, -0.1) is 0 Å². The van der Waals surface area contributed by atoms with Crippen molar-refractivity contribution in [3.8, 4) is 0 Å². The highest BCUT2D eigenvalue weighted by atomic mass is 32.1. The first-order chi connectivity index (χ1) is 8.19. The van der Waals surface area contributed by atoms with Crippen molar-refractivity contribution < 1.29 is 0 Å². The Morgan fingerprint density at radius 2 is 2.00 bits per heavy atom. The summed E-state index contributed by atoms with van der Waals surface area (Å²) in [6.07, 6.45) is 1.08. The molecule has 17 heavy (non-hydrogen) atoms. The van der Waals surface area contributed by atoms with Gasteiger partial charge in [0.1, 0.15) is 0 Å². The first-order valence-electron chi connectivity index (χ1n) is 5.68. The minimum Gasteiger partial charge on any atom is -0.320 e. The van der Waals surface area contributed by atoms with E-state index in [1.807, 2.05) is 19.2 Å². The van der Waals surface area contributed by atoms with Crippen LogP contribution in [0.25, 0.3) is 0 Å². The third-order valence-corrected chi connectivity index (χ3v) is 2.84. The van der Waals surface area contributed by atoms with Crippen molar-refractivity contribution in [1.29, 1.82) is 0 Å². The summed E-state index contributed by atoms with van der Waals surface area (Å²) in [7, 11) is 6.18. The van der Waals surface area contributed by atoms with Crippen LogP contribution < -0.4 is 5.32 Å². The zero-order valence-corrected chi connectivity index (χ0v) is 11.4. The molecule has 1 atom stereocenters. The fourth-order valence-corrected chi connectivity index (χ4v) is 1.93. The van der Waals surface area contributed by atoms with E-state index in [2.05, 4.69) is 58.8 Å². The number of rotatable bonds is 6. The van der Waals surface area contributed by atoms with Gasteiger partial charge in [-0.1, -0.05) is 12.1 Å². The average Bonchev–Trinajstić information content (AvgIpc) is 2.31. The molecule has 0 aromatic heterocycles. The van der Waals surface area contributed by atoms with E-state index in [1.54, 1.807) is 0 Å². The minimum atomic E-state index is 0.424.